The van der Waals surface area contributed by atoms with E-state index in [9.17, 15) is 24.5 Å². The molecule has 1 aromatic rings. The van der Waals surface area contributed by atoms with Crippen molar-refractivity contribution in [1.29, 1.82) is 0 Å². The van der Waals surface area contributed by atoms with Crippen molar-refractivity contribution in [2.75, 3.05) is 18.6 Å². The van der Waals surface area contributed by atoms with Gasteiger partial charge in [0, 0.05) is 23.7 Å². The van der Waals surface area contributed by atoms with Gasteiger partial charge in [-0.2, -0.15) is 11.8 Å². The molecule has 0 aliphatic rings. The Labute approximate surface area is 161 Å². The molecule has 1 rings (SSSR count). The second-order valence-electron chi connectivity index (χ2n) is 5.94. The SMILES string of the molecule is CSCC[C@H](NC(=O)c1cccc([N+](=O)[O-])c1)C(=O)OCC(=O)NC(C)C. The van der Waals surface area contributed by atoms with Crippen LogP contribution in [-0.4, -0.2) is 53.4 Å². The number of hydrogen-bond acceptors (Lipinski definition) is 7. The van der Waals surface area contributed by atoms with Crippen molar-refractivity contribution in [3.05, 3.63) is 39.9 Å². The van der Waals surface area contributed by atoms with Crippen LogP contribution in [0.3, 0.4) is 0 Å². The molecule has 148 valence electrons. The molecule has 0 bridgehead atoms. The van der Waals surface area contributed by atoms with Crippen LogP contribution in [-0.2, 0) is 14.3 Å². The molecule has 1 aromatic carbocycles. The number of hydrogen-bond donors (Lipinski definition) is 2. The number of non-ortho nitro benzene ring substituents is 1. The van der Waals surface area contributed by atoms with Gasteiger partial charge in [0.25, 0.3) is 17.5 Å². The van der Waals surface area contributed by atoms with E-state index in [1.165, 1.54) is 30.0 Å². The van der Waals surface area contributed by atoms with Crippen molar-refractivity contribution in [3.8, 4) is 0 Å². The fourth-order valence-electron chi connectivity index (χ4n) is 2.09. The van der Waals surface area contributed by atoms with E-state index in [-0.39, 0.29) is 17.3 Å². The van der Waals surface area contributed by atoms with Crippen LogP contribution in [0.2, 0.25) is 0 Å². The quantitative estimate of drug-likeness (QED) is 0.348. The van der Waals surface area contributed by atoms with Gasteiger partial charge in [-0.05, 0) is 38.3 Å². The summed E-state index contributed by atoms with van der Waals surface area (Å²) >= 11 is 1.48. The van der Waals surface area contributed by atoms with Gasteiger partial charge >= 0.3 is 5.97 Å². The number of nitrogens with one attached hydrogen (secondary N) is 2. The van der Waals surface area contributed by atoms with Crippen LogP contribution in [0, 0.1) is 10.1 Å². The van der Waals surface area contributed by atoms with Gasteiger partial charge in [0.05, 0.1) is 4.92 Å². The molecule has 0 fully saturated rings. The zero-order valence-corrected chi connectivity index (χ0v) is 16.2. The monoisotopic (exact) mass is 397 g/mol. The van der Waals surface area contributed by atoms with Crippen LogP contribution in [0.15, 0.2) is 24.3 Å². The summed E-state index contributed by atoms with van der Waals surface area (Å²) < 4.78 is 4.98. The second kappa shape index (κ2) is 11.2. The molecule has 0 radical (unpaired) electrons. The van der Waals surface area contributed by atoms with Gasteiger partial charge in [0.1, 0.15) is 6.04 Å². The Hall–Kier alpha value is -2.62. The number of nitro benzene ring substituents is 1. The maximum Gasteiger partial charge on any atom is 0.329 e. The first-order valence-corrected chi connectivity index (χ1v) is 9.64. The van der Waals surface area contributed by atoms with E-state index in [1.807, 2.05) is 6.26 Å². The highest BCUT2D eigenvalue weighted by Crippen LogP contribution is 2.13. The minimum Gasteiger partial charge on any atom is -0.454 e. The number of carbonyl (C=O) groups is 3. The number of nitrogens with zero attached hydrogens (tertiary/aromatic N) is 1. The van der Waals surface area contributed by atoms with Crippen LogP contribution in [0.1, 0.15) is 30.6 Å². The lowest BCUT2D eigenvalue weighted by Crippen LogP contribution is -2.43. The molecule has 0 aliphatic carbocycles. The van der Waals surface area contributed by atoms with Crippen LogP contribution in [0.25, 0.3) is 0 Å². The van der Waals surface area contributed by atoms with E-state index < -0.39 is 35.4 Å². The summed E-state index contributed by atoms with van der Waals surface area (Å²) in [7, 11) is 0. The maximum atomic E-state index is 12.4. The average molecular weight is 397 g/mol. The number of nitro groups is 1. The topological polar surface area (TPSA) is 128 Å². The largest absolute Gasteiger partial charge is 0.454 e. The van der Waals surface area contributed by atoms with Gasteiger partial charge in [0.2, 0.25) is 0 Å². The number of ether oxygens (including phenoxy) is 1. The molecule has 0 unspecified atom stereocenters. The van der Waals surface area contributed by atoms with E-state index in [0.717, 1.165) is 6.07 Å². The van der Waals surface area contributed by atoms with Crippen molar-refractivity contribution in [2.45, 2.75) is 32.4 Å². The summed E-state index contributed by atoms with van der Waals surface area (Å²) in [6.07, 6.45) is 2.15. The Morgan fingerprint density at radius 3 is 2.56 bits per heavy atom. The van der Waals surface area contributed by atoms with Crippen molar-refractivity contribution in [1.82, 2.24) is 10.6 Å². The normalized spacial score (nSPS) is 11.6. The van der Waals surface area contributed by atoms with Gasteiger partial charge in [-0.1, -0.05) is 6.07 Å². The molecular formula is C17H23N3O6S. The molecule has 2 N–H and O–H groups in total. The van der Waals surface area contributed by atoms with Gasteiger partial charge in [-0.3, -0.25) is 19.7 Å². The minimum atomic E-state index is -0.962. The van der Waals surface area contributed by atoms with E-state index in [0.29, 0.717) is 12.2 Å². The molecule has 0 saturated heterocycles. The zero-order chi connectivity index (χ0) is 20.4. The van der Waals surface area contributed by atoms with Gasteiger partial charge in [-0.15, -0.1) is 0 Å². The summed E-state index contributed by atoms with van der Waals surface area (Å²) in [4.78, 5) is 46.4. The van der Waals surface area contributed by atoms with E-state index in [2.05, 4.69) is 10.6 Å². The number of benzene rings is 1. The summed E-state index contributed by atoms with van der Waals surface area (Å²) in [5.41, 5.74) is -0.167. The fraction of sp³-hybridized carbons (Fsp3) is 0.471. The van der Waals surface area contributed by atoms with Crippen molar-refractivity contribution in [2.24, 2.45) is 0 Å². The number of amides is 2. The predicted octanol–water partition coefficient (Wildman–Crippen LogP) is 1.51. The van der Waals surface area contributed by atoms with Gasteiger partial charge in [-0.25, -0.2) is 4.79 Å². The van der Waals surface area contributed by atoms with E-state index >= 15 is 0 Å². The first-order chi connectivity index (χ1) is 12.7. The fourth-order valence-corrected chi connectivity index (χ4v) is 2.56. The van der Waals surface area contributed by atoms with Crippen LogP contribution in [0.4, 0.5) is 5.69 Å². The molecular weight excluding hydrogens is 374 g/mol. The smallest absolute Gasteiger partial charge is 0.329 e. The molecule has 0 spiro atoms. The van der Waals surface area contributed by atoms with Crippen LogP contribution < -0.4 is 10.6 Å². The lowest BCUT2D eigenvalue weighted by molar-refractivity contribution is -0.384. The third-order valence-electron chi connectivity index (χ3n) is 3.31. The molecule has 10 heteroatoms. The van der Waals surface area contributed by atoms with Gasteiger partial charge in [0.15, 0.2) is 6.61 Å². The third kappa shape index (κ3) is 8.07. The van der Waals surface area contributed by atoms with E-state index in [4.69, 9.17) is 4.74 Å². The molecule has 1 atom stereocenters. The Morgan fingerprint density at radius 2 is 1.96 bits per heavy atom. The lowest BCUT2D eigenvalue weighted by Gasteiger charge is -2.17. The minimum absolute atomic E-state index is 0.0590. The lowest BCUT2D eigenvalue weighted by atomic mass is 10.1. The maximum absolute atomic E-state index is 12.4. The highest BCUT2D eigenvalue weighted by molar-refractivity contribution is 7.98. The summed E-state index contributed by atoms with van der Waals surface area (Å²) in [5, 5.41) is 15.9. The number of thioether (sulfide) groups is 1. The third-order valence-corrected chi connectivity index (χ3v) is 3.96. The Morgan fingerprint density at radius 1 is 1.26 bits per heavy atom. The van der Waals surface area contributed by atoms with Crippen molar-refractivity contribution in [3.63, 3.8) is 0 Å². The highest BCUT2D eigenvalue weighted by atomic mass is 32.2. The van der Waals surface area contributed by atoms with E-state index in [1.54, 1.807) is 13.8 Å². The molecule has 0 aromatic heterocycles. The Bertz CT molecular complexity index is 695. The van der Waals surface area contributed by atoms with Crippen molar-refractivity contribution < 1.29 is 24.0 Å². The number of esters is 1. The summed E-state index contributed by atoms with van der Waals surface area (Å²) in [6.45, 7) is 3.11. The molecule has 0 heterocycles. The molecule has 2 amide bonds. The Kier molecular flexibility index (Phi) is 9.27. The predicted molar refractivity (Wildman–Crippen MR) is 102 cm³/mol. The highest BCUT2D eigenvalue weighted by Gasteiger charge is 2.24. The second-order valence-corrected chi connectivity index (χ2v) is 6.93. The van der Waals surface area contributed by atoms with Gasteiger partial charge < -0.3 is 15.4 Å². The summed E-state index contributed by atoms with van der Waals surface area (Å²) in [5.74, 6) is -1.23. The standard InChI is InChI=1S/C17H23N3O6S/c1-11(2)18-15(21)10-26-17(23)14(7-8-27-3)19-16(22)12-5-4-6-13(9-12)20(24)25/h4-6,9,11,14H,7-8,10H2,1-3H3,(H,18,21)(H,19,22)/t14-/m0/s1. The number of carbonyl (C=O) groups excluding carboxylic acids is 3. The summed E-state index contributed by atoms with van der Waals surface area (Å²) in [6, 6.07) is 4.15. The van der Waals surface area contributed by atoms with Crippen LogP contribution >= 0.6 is 11.8 Å². The van der Waals surface area contributed by atoms with Crippen LogP contribution in [0.5, 0.6) is 0 Å². The first kappa shape index (κ1) is 22.4. The molecule has 0 saturated carbocycles. The molecule has 9 nitrogen and oxygen atoms in total. The van der Waals surface area contributed by atoms with Crippen molar-refractivity contribution >= 4 is 35.2 Å². The Balaban J connectivity index is 2.76. The first-order valence-electron chi connectivity index (χ1n) is 8.24. The molecule has 27 heavy (non-hydrogen) atoms. The number of rotatable bonds is 10. The zero-order valence-electron chi connectivity index (χ0n) is 15.4. The average Bonchev–Trinajstić information content (AvgIpc) is 2.62. The molecule has 0 aliphatic heterocycles.